The number of nitrogens with one attached hydrogen (secondary N) is 2. The summed E-state index contributed by atoms with van der Waals surface area (Å²) in [5, 5.41) is 4.44. The fourth-order valence-electron chi connectivity index (χ4n) is 3.69. The molecule has 4 heteroatoms. The lowest BCUT2D eigenvalue weighted by atomic mass is 9.87. The van der Waals surface area contributed by atoms with Crippen LogP contribution in [0.1, 0.15) is 42.9 Å². The average Bonchev–Trinajstić information content (AvgIpc) is 3.27. The van der Waals surface area contributed by atoms with Crippen LogP contribution in [-0.2, 0) is 0 Å². The molecule has 22 heavy (non-hydrogen) atoms. The standard InChI is InChI=1S/C18H23N3O/c1-12-17(15-4-2-3-5-16(15)19-12)13-8-10-21(11-9-13)18(22)20-14-6-7-14/h2-5,13-14,19H,6-11H2,1H3,(H,20,22). The minimum absolute atomic E-state index is 0.136. The molecule has 2 aromatic rings. The van der Waals surface area contributed by atoms with Crippen LogP contribution in [-0.4, -0.2) is 35.0 Å². The van der Waals surface area contributed by atoms with Crippen molar-refractivity contribution < 1.29 is 4.79 Å². The highest BCUT2D eigenvalue weighted by molar-refractivity contribution is 5.85. The van der Waals surface area contributed by atoms with Gasteiger partial charge in [-0.1, -0.05) is 18.2 Å². The molecule has 116 valence electrons. The van der Waals surface area contributed by atoms with Crippen molar-refractivity contribution in [1.82, 2.24) is 15.2 Å². The van der Waals surface area contributed by atoms with Crippen molar-refractivity contribution in [3.63, 3.8) is 0 Å². The normalized spacial score (nSPS) is 19.6. The van der Waals surface area contributed by atoms with Gasteiger partial charge in [0.25, 0.3) is 0 Å². The van der Waals surface area contributed by atoms with E-state index in [0.717, 1.165) is 38.8 Å². The number of amides is 2. The second kappa shape index (κ2) is 5.34. The predicted octanol–water partition coefficient (Wildman–Crippen LogP) is 3.53. The maximum Gasteiger partial charge on any atom is 0.317 e. The van der Waals surface area contributed by atoms with Crippen molar-refractivity contribution in [2.24, 2.45) is 0 Å². The van der Waals surface area contributed by atoms with Gasteiger partial charge < -0.3 is 15.2 Å². The number of para-hydroxylation sites is 1. The number of benzene rings is 1. The second-order valence-corrected chi connectivity index (χ2v) is 6.69. The summed E-state index contributed by atoms with van der Waals surface area (Å²) in [5.41, 5.74) is 3.96. The van der Waals surface area contributed by atoms with Crippen molar-refractivity contribution in [3.8, 4) is 0 Å². The summed E-state index contributed by atoms with van der Waals surface area (Å²) in [7, 11) is 0. The van der Waals surface area contributed by atoms with Gasteiger partial charge in [-0.15, -0.1) is 0 Å². The van der Waals surface area contributed by atoms with E-state index in [9.17, 15) is 4.79 Å². The summed E-state index contributed by atoms with van der Waals surface area (Å²) in [4.78, 5) is 17.6. The van der Waals surface area contributed by atoms with Gasteiger partial charge in [-0.2, -0.15) is 0 Å². The summed E-state index contributed by atoms with van der Waals surface area (Å²) in [6.07, 6.45) is 4.41. The number of carbonyl (C=O) groups is 1. The van der Waals surface area contributed by atoms with Crippen LogP contribution < -0.4 is 5.32 Å². The number of hydrogen-bond donors (Lipinski definition) is 2. The Balaban J connectivity index is 1.48. The van der Waals surface area contributed by atoms with Crippen molar-refractivity contribution in [1.29, 1.82) is 0 Å². The molecule has 1 aromatic carbocycles. The topological polar surface area (TPSA) is 48.1 Å². The van der Waals surface area contributed by atoms with Crippen molar-refractivity contribution in [2.75, 3.05) is 13.1 Å². The van der Waals surface area contributed by atoms with Gasteiger partial charge >= 0.3 is 6.03 Å². The SMILES string of the molecule is Cc1[nH]c2ccccc2c1C1CCN(C(=O)NC2CC2)CC1. The van der Waals surface area contributed by atoms with Crippen LogP contribution >= 0.6 is 0 Å². The first-order valence-electron chi connectivity index (χ1n) is 8.35. The van der Waals surface area contributed by atoms with Crippen LogP contribution in [0.4, 0.5) is 4.79 Å². The number of urea groups is 1. The molecule has 0 bridgehead atoms. The molecule has 1 aliphatic heterocycles. The minimum Gasteiger partial charge on any atom is -0.358 e. The smallest absolute Gasteiger partial charge is 0.317 e. The van der Waals surface area contributed by atoms with Gasteiger partial charge in [-0.05, 0) is 50.2 Å². The predicted molar refractivity (Wildman–Crippen MR) is 88.1 cm³/mol. The Bertz CT molecular complexity index is 693. The van der Waals surface area contributed by atoms with Crippen LogP contribution in [0.3, 0.4) is 0 Å². The first-order chi connectivity index (χ1) is 10.7. The third-order valence-electron chi connectivity index (χ3n) is 5.04. The van der Waals surface area contributed by atoms with Crippen molar-refractivity contribution >= 4 is 16.9 Å². The van der Waals surface area contributed by atoms with E-state index in [1.54, 1.807) is 0 Å². The maximum atomic E-state index is 12.1. The minimum atomic E-state index is 0.136. The number of likely N-dealkylation sites (tertiary alicyclic amines) is 1. The third-order valence-corrected chi connectivity index (χ3v) is 5.04. The molecule has 1 saturated carbocycles. The van der Waals surface area contributed by atoms with Gasteiger partial charge in [0.1, 0.15) is 0 Å². The lowest BCUT2D eigenvalue weighted by Crippen LogP contribution is -2.44. The quantitative estimate of drug-likeness (QED) is 0.875. The molecule has 2 fully saturated rings. The van der Waals surface area contributed by atoms with E-state index in [-0.39, 0.29) is 6.03 Å². The summed E-state index contributed by atoms with van der Waals surface area (Å²) in [5.74, 6) is 0.557. The number of aromatic amines is 1. The van der Waals surface area contributed by atoms with Crippen molar-refractivity contribution in [2.45, 2.75) is 44.6 Å². The molecule has 0 radical (unpaired) electrons. The number of aromatic nitrogens is 1. The fraction of sp³-hybridized carbons (Fsp3) is 0.500. The summed E-state index contributed by atoms with van der Waals surface area (Å²) in [6.45, 7) is 3.89. The molecule has 1 aromatic heterocycles. The van der Waals surface area contributed by atoms with E-state index >= 15 is 0 Å². The number of H-pyrrole nitrogens is 1. The second-order valence-electron chi connectivity index (χ2n) is 6.69. The highest BCUT2D eigenvalue weighted by atomic mass is 16.2. The Labute approximate surface area is 130 Å². The third kappa shape index (κ3) is 2.47. The van der Waals surface area contributed by atoms with Gasteiger partial charge in [0.15, 0.2) is 0 Å². The highest BCUT2D eigenvalue weighted by Gasteiger charge is 2.29. The lowest BCUT2D eigenvalue weighted by Gasteiger charge is -2.32. The van der Waals surface area contributed by atoms with Crippen LogP contribution in [0.25, 0.3) is 10.9 Å². The Morgan fingerprint density at radius 2 is 1.91 bits per heavy atom. The largest absolute Gasteiger partial charge is 0.358 e. The van der Waals surface area contributed by atoms with Gasteiger partial charge in [0.05, 0.1) is 0 Å². The first-order valence-corrected chi connectivity index (χ1v) is 8.35. The molecule has 2 aliphatic rings. The number of rotatable bonds is 2. The van der Waals surface area contributed by atoms with Gasteiger partial charge in [-0.3, -0.25) is 0 Å². The molecule has 0 unspecified atom stereocenters. The molecular formula is C18H23N3O. The van der Waals surface area contributed by atoms with E-state index in [1.165, 1.54) is 22.2 Å². The number of hydrogen-bond acceptors (Lipinski definition) is 1. The molecule has 2 heterocycles. The maximum absolute atomic E-state index is 12.1. The summed E-state index contributed by atoms with van der Waals surface area (Å²) < 4.78 is 0. The van der Waals surface area contributed by atoms with Crippen LogP contribution in [0, 0.1) is 6.92 Å². The summed E-state index contributed by atoms with van der Waals surface area (Å²) in [6, 6.07) is 9.12. The Morgan fingerprint density at radius 3 is 2.64 bits per heavy atom. The lowest BCUT2D eigenvalue weighted by molar-refractivity contribution is 0.181. The van der Waals surface area contributed by atoms with Gasteiger partial charge in [0, 0.05) is 35.7 Å². The number of piperidine rings is 1. The first kappa shape index (κ1) is 13.7. The molecular weight excluding hydrogens is 274 g/mol. The highest BCUT2D eigenvalue weighted by Crippen LogP contribution is 2.35. The number of fused-ring (bicyclic) bond motifs is 1. The van der Waals surface area contributed by atoms with Crippen LogP contribution in [0.15, 0.2) is 24.3 Å². The van der Waals surface area contributed by atoms with E-state index in [2.05, 4.69) is 41.5 Å². The van der Waals surface area contributed by atoms with E-state index in [4.69, 9.17) is 0 Å². The molecule has 4 nitrogen and oxygen atoms in total. The fourth-order valence-corrected chi connectivity index (χ4v) is 3.69. The zero-order valence-electron chi connectivity index (χ0n) is 13.1. The molecule has 2 amide bonds. The molecule has 1 aliphatic carbocycles. The number of aryl methyl sites for hydroxylation is 1. The Morgan fingerprint density at radius 1 is 1.18 bits per heavy atom. The summed E-state index contributed by atoms with van der Waals surface area (Å²) >= 11 is 0. The van der Waals surface area contributed by atoms with E-state index in [1.807, 2.05) is 4.90 Å². The molecule has 2 N–H and O–H groups in total. The van der Waals surface area contributed by atoms with Gasteiger partial charge in [0.2, 0.25) is 0 Å². The number of nitrogens with zero attached hydrogens (tertiary/aromatic N) is 1. The molecule has 4 rings (SSSR count). The Kier molecular flexibility index (Phi) is 3.32. The van der Waals surface area contributed by atoms with Crippen LogP contribution in [0.2, 0.25) is 0 Å². The van der Waals surface area contributed by atoms with E-state index < -0.39 is 0 Å². The molecule has 1 saturated heterocycles. The van der Waals surface area contributed by atoms with E-state index in [0.29, 0.717) is 12.0 Å². The van der Waals surface area contributed by atoms with Gasteiger partial charge in [-0.25, -0.2) is 4.79 Å². The average molecular weight is 297 g/mol. The molecule has 0 atom stereocenters. The number of carbonyl (C=O) groups excluding carboxylic acids is 1. The zero-order chi connectivity index (χ0) is 15.1. The zero-order valence-corrected chi connectivity index (χ0v) is 13.1. The monoisotopic (exact) mass is 297 g/mol. The van der Waals surface area contributed by atoms with Crippen molar-refractivity contribution in [3.05, 3.63) is 35.5 Å². The molecule has 0 spiro atoms. The Hall–Kier alpha value is -1.97. The van der Waals surface area contributed by atoms with Crippen LogP contribution in [0.5, 0.6) is 0 Å².